The Labute approximate surface area is 58.9 Å². The van der Waals surface area contributed by atoms with Crippen molar-refractivity contribution in [1.29, 1.82) is 0 Å². The maximum atomic E-state index is 10.4. The highest BCUT2D eigenvalue weighted by Gasteiger charge is 2.47. The summed E-state index contributed by atoms with van der Waals surface area (Å²) in [5.41, 5.74) is 5.22. The molecule has 2 rings (SSSR count). The standard InChI is InChI=1S/C6H10N2O2/c7-6-1-5(2-10-6)8(3-6)4-9/h4-5H,1-3,7H2/t5?,6-/m1/s1. The predicted octanol–water partition coefficient (Wildman–Crippen LogP) is -1.10. The van der Waals surface area contributed by atoms with Gasteiger partial charge in [0.05, 0.1) is 19.2 Å². The molecule has 56 valence electrons. The number of nitrogens with two attached hydrogens (primary N) is 1. The van der Waals surface area contributed by atoms with Gasteiger partial charge in [0.25, 0.3) is 0 Å². The number of hydrogen-bond acceptors (Lipinski definition) is 3. The molecule has 2 aliphatic heterocycles. The quantitative estimate of drug-likeness (QED) is 0.473. The van der Waals surface area contributed by atoms with E-state index in [2.05, 4.69) is 0 Å². The first kappa shape index (κ1) is 6.12. The van der Waals surface area contributed by atoms with E-state index < -0.39 is 5.72 Å². The highest BCUT2D eigenvalue weighted by atomic mass is 16.5. The second-order valence-corrected chi connectivity index (χ2v) is 3.01. The number of ether oxygens (including phenoxy) is 1. The summed E-state index contributed by atoms with van der Waals surface area (Å²) in [6, 6.07) is 0.238. The van der Waals surface area contributed by atoms with Gasteiger partial charge in [-0.05, 0) is 0 Å². The van der Waals surface area contributed by atoms with Crippen molar-refractivity contribution in [3.63, 3.8) is 0 Å². The fourth-order valence-electron chi connectivity index (χ4n) is 1.66. The zero-order valence-corrected chi connectivity index (χ0v) is 5.62. The lowest BCUT2D eigenvalue weighted by molar-refractivity contribution is -0.125. The van der Waals surface area contributed by atoms with Crippen molar-refractivity contribution in [3.05, 3.63) is 0 Å². The van der Waals surface area contributed by atoms with Crippen molar-refractivity contribution < 1.29 is 9.53 Å². The minimum atomic E-state index is -0.522. The molecular formula is C6H10N2O2. The fourth-order valence-corrected chi connectivity index (χ4v) is 1.66. The molecule has 4 nitrogen and oxygen atoms in total. The molecule has 2 atom stereocenters. The zero-order valence-electron chi connectivity index (χ0n) is 5.62. The van der Waals surface area contributed by atoms with Crippen LogP contribution in [0.15, 0.2) is 0 Å². The lowest BCUT2D eigenvalue weighted by Gasteiger charge is -2.26. The lowest BCUT2D eigenvalue weighted by atomic mass is 10.2. The minimum absolute atomic E-state index is 0.238. The fraction of sp³-hybridized carbons (Fsp3) is 0.833. The summed E-state index contributed by atoms with van der Waals surface area (Å²) in [6.45, 7) is 1.16. The van der Waals surface area contributed by atoms with E-state index in [1.165, 1.54) is 0 Å². The molecule has 2 saturated heterocycles. The van der Waals surface area contributed by atoms with Gasteiger partial charge in [0.15, 0.2) is 0 Å². The maximum Gasteiger partial charge on any atom is 0.210 e. The Morgan fingerprint density at radius 2 is 2.60 bits per heavy atom. The first-order valence-corrected chi connectivity index (χ1v) is 3.37. The molecular weight excluding hydrogens is 132 g/mol. The number of carbonyl (C=O) groups is 1. The molecule has 0 spiro atoms. The largest absolute Gasteiger partial charge is 0.357 e. The molecule has 0 aromatic rings. The third-order valence-corrected chi connectivity index (χ3v) is 2.20. The van der Waals surface area contributed by atoms with E-state index in [0.29, 0.717) is 13.2 Å². The van der Waals surface area contributed by atoms with Gasteiger partial charge in [-0.3, -0.25) is 4.79 Å². The number of carbonyl (C=O) groups excluding carboxylic acids is 1. The van der Waals surface area contributed by atoms with Crippen molar-refractivity contribution in [2.24, 2.45) is 5.73 Å². The topological polar surface area (TPSA) is 55.6 Å². The molecule has 1 amide bonds. The van der Waals surface area contributed by atoms with Crippen LogP contribution in [0.4, 0.5) is 0 Å². The van der Waals surface area contributed by atoms with E-state index in [9.17, 15) is 4.79 Å². The Bertz CT molecular complexity index is 173. The molecule has 0 aromatic heterocycles. The van der Waals surface area contributed by atoms with Crippen molar-refractivity contribution in [2.75, 3.05) is 13.2 Å². The average molecular weight is 142 g/mol. The summed E-state index contributed by atoms with van der Waals surface area (Å²) in [6.07, 6.45) is 1.65. The molecule has 2 fully saturated rings. The van der Waals surface area contributed by atoms with Crippen LogP contribution in [0.2, 0.25) is 0 Å². The average Bonchev–Trinajstić information content (AvgIpc) is 2.41. The Kier molecular flexibility index (Phi) is 1.04. The van der Waals surface area contributed by atoms with Crippen molar-refractivity contribution in [3.8, 4) is 0 Å². The van der Waals surface area contributed by atoms with Crippen LogP contribution in [0, 0.1) is 0 Å². The summed E-state index contributed by atoms with van der Waals surface area (Å²) in [4.78, 5) is 12.1. The van der Waals surface area contributed by atoms with Crippen LogP contribution in [-0.4, -0.2) is 36.2 Å². The highest BCUT2D eigenvalue weighted by molar-refractivity contribution is 5.49. The second kappa shape index (κ2) is 1.71. The molecule has 0 aliphatic carbocycles. The summed E-state index contributed by atoms with van der Waals surface area (Å²) in [5.74, 6) is 0. The minimum Gasteiger partial charge on any atom is -0.357 e. The lowest BCUT2D eigenvalue weighted by Crippen LogP contribution is -2.47. The van der Waals surface area contributed by atoms with Crippen LogP contribution < -0.4 is 5.73 Å². The van der Waals surface area contributed by atoms with Crippen LogP contribution in [0.3, 0.4) is 0 Å². The Balaban J connectivity index is 2.17. The molecule has 2 aliphatic rings. The van der Waals surface area contributed by atoms with Crippen molar-refractivity contribution in [1.82, 2.24) is 4.90 Å². The smallest absolute Gasteiger partial charge is 0.210 e. The van der Waals surface area contributed by atoms with Gasteiger partial charge in [0.2, 0.25) is 6.41 Å². The number of hydrogen-bond donors (Lipinski definition) is 1. The number of fused-ring (bicyclic) bond motifs is 2. The van der Waals surface area contributed by atoms with Gasteiger partial charge in [-0.2, -0.15) is 0 Å². The zero-order chi connectivity index (χ0) is 7.19. The number of morpholine rings is 1. The van der Waals surface area contributed by atoms with Crippen molar-refractivity contribution >= 4 is 6.41 Å². The van der Waals surface area contributed by atoms with Gasteiger partial charge in [-0.1, -0.05) is 0 Å². The SMILES string of the molecule is N[C@]12CC(CO1)N(C=O)C2. The van der Waals surface area contributed by atoms with E-state index in [0.717, 1.165) is 12.8 Å². The highest BCUT2D eigenvalue weighted by Crippen LogP contribution is 2.31. The van der Waals surface area contributed by atoms with Crippen LogP contribution in [0.25, 0.3) is 0 Å². The Morgan fingerprint density at radius 1 is 1.80 bits per heavy atom. The van der Waals surface area contributed by atoms with Gasteiger partial charge >= 0.3 is 0 Å². The summed E-state index contributed by atoms with van der Waals surface area (Å²) in [5, 5.41) is 0. The maximum absolute atomic E-state index is 10.4. The Hall–Kier alpha value is -0.610. The van der Waals surface area contributed by atoms with Crippen LogP contribution in [0.5, 0.6) is 0 Å². The van der Waals surface area contributed by atoms with E-state index in [4.69, 9.17) is 10.5 Å². The molecule has 2 heterocycles. The predicted molar refractivity (Wildman–Crippen MR) is 34.0 cm³/mol. The van der Waals surface area contributed by atoms with Gasteiger partial charge in [-0.15, -0.1) is 0 Å². The van der Waals surface area contributed by atoms with Crippen molar-refractivity contribution in [2.45, 2.75) is 18.2 Å². The number of amides is 1. The normalized spacial score (nSPS) is 44.5. The third kappa shape index (κ3) is 0.660. The van der Waals surface area contributed by atoms with E-state index in [1.54, 1.807) is 4.90 Å². The monoisotopic (exact) mass is 142 g/mol. The van der Waals surface area contributed by atoms with Gasteiger partial charge in [-0.25, -0.2) is 0 Å². The molecule has 4 heteroatoms. The molecule has 2 N–H and O–H groups in total. The molecule has 0 aromatic carbocycles. The molecule has 0 saturated carbocycles. The number of likely N-dealkylation sites (tertiary alicyclic amines) is 1. The number of rotatable bonds is 1. The first-order chi connectivity index (χ1) is 4.73. The van der Waals surface area contributed by atoms with Gasteiger partial charge in [0, 0.05) is 6.42 Å². The molecule has 10 heavy (non-hydrogen) atoms. The van der Waals surface area contributed by atoms with Gasteiger partial charge < -0.3 is 15.4 Å². The third-order valence-electron chi connectivity index (χ3n) is 2.20. The molecule has 1 unspecified atom stereocenters. The van der Waals surface area contributed by atoms with Gasteiger partial charge in [0.1, 0.15) is 5.72 Å². The summed E-state index contributed by atoms with van der Waals surface area (Å²) in [7, 11) is 0. The van der Waals surface area contributed by atoms with Crippen LogP contribution in [-0.2, 0) is 9.53 Å². The number of nitrogens with zero attached hydrogens (tertiary/aromatic N) is 1. The second-order valence-electron chi connectivity index (χ2n) is 3.01. The van der Waals surface area contributed by atoms with E-state index in [1.807, 2.05) is 0 Å². The van der Waals surface area contributed by atoms with E-state index in [-0.39, 0.29) is 6.04 Å². The van der Waals surface area contributed by atoms with E-state index >= 15 is 0 Å². The Morgan fingerprint density at radius 3 is 2.90 bits per heavy atom. The summed E-state index contributed by atoms with van der Waals surface area (Å²) >= 11 is 0. The van der Waals surface area contributed by atoms with Crippen LogP contribution >= 0.6 is 0 Å². The molecule has 2 bridgehead atoms. The molecule has 0 radical (unpaired) electrons. The summed E-state index contributed by atoms with van der Waals surface area (Å²) < 4.78 is 5.25. The van der Waals surface area contributed by atoms with Crippen LogP contribution in [0.1, 0.15) is 6.42 Å². The first-order valence-electron chi connectivity index (χ1n) is 3.37.